The van der Waals surface area contributed by atoms with Crippen molar-refractivity contribution in [2.75, 3.05) is 26.2 Å². The van der Waals surface area contributed by atoms with Crippen LogP contribution in [-0.4, -0.2) is 172 Å². The highest BCUT2D eigenvalue weighted by molar-refractivity contribution is 7.14. The van der Waals surface area contributed by atoms with Crippen LogP contribution < -0.4 is 48.7 Å². The summed E-state index contributed by atoms with van der Waals surface area (Å²) in [5.74, 6) is -8.98. The van der Waals surface area contributed by atoms with Gasteiger partial charge in [0.15, 0.2) is 5.78 Å². The maximum absolute atomic E-state index is 15.0. The molecule has 3 aliphatic heterocycles. The van der Waals surface area contributed by atoms with Gasteiger partial charge in [-0.1, -0.05) is 85.7 Å². The van der Waals surface area contributed by atoms with Gasteiger partial charge in [-0.05, 0) is 161 Å². The van der Waals surface area contributed by atoms with Gasteiger partial charge in [-0.15, -0.1) is 22.7 Å². The zero-order valence-electron chi connectivity index (χ0n) is 54.9. The van der Waals surface area contributed by atoms with Crippen LogP contribution in [0.15, 0.2) is 42.5 Å². The lowest BCUT2D eigenvalue weighted by atomic mass is 9.96. The summed E-state index contributed by atoms with van der Waals surface area (Å²) in [6.45, 7) is 18.0. The summed E-state index contributed by atoms with van der Waals surface area (Å²) in [7, 11) is 0. The molecule has 504 valence electrons. The molecular formula is C67H97N11O12S2. The van der Waals surface area contributed by atoms with E-state index in [1.807, 2.05) is 19.9 Å². The van der Waals surface area contributed by atoms with E-state index in [1.165, 1.54) is 32.5 Å². The number of nitrogens with two attached hydrogens (primary N) is 2. The number of benzene rings is 1. The molecule has 25 heteroatoms. The molecule has 4 bridgehead atoms. The number of aliphatic hydroxyl groups is 2. The normalized spacial score (nSPS) is 25.7. The fraction of sp³-hybridized carbons (Fsp3) is 0.612. The molecule has 0 saturated carbocycles. The molecule has 4 aliphatic rings. The van der Waals surface area contributed by atoms with Gasteiger partial charge in [-0.25, -0.2) is 0 Å². The topological polar surface area (TPSA) is 354 Å². The minimum Gasteiger partial charge on any atom is -0.390 e. The predicted octanol–water partition coefficient (Wildman–Crippen LogP) is 3.77. The van der Waals surface area contributed by atoms with Crippen molar-refractivity contribution in [2.45, 2.75) is 213 Å². The zero-order valence-corrected chi connectivity index (χ0v) is 56.5. The van der Waals surface area contributed by atoms with Gasteiger partial charge >= 0.3 is 0 Å². The number of hydrogen-bond acceptors (Lipinski definition) is 16. The number of thiophene rings is 2. The minimum atomic E-state index is -1.65. The molecule has 2 fully saturated rings. The SMILES string of the molecule is Cc1sc2cc1C1=C(CCC1)c1cc(sc1C)C(=O)[C@H]1CCCN1C(=O)[C@H](C(C)C)NC(=O)[C@H](CCCN)NC(=O)[C@H]([C@H](O)C(C)C)NC(=O)[C@@H]1CCCN1C(=O)[C@@H](Cc1ccccc1)NC(=O)[C@H](C(C)C)NC(=O)[C@H](CCCN)NC(=O)[C@H]([C@H](O)C(C)C)NC2=O. The lowest BCUT2D eigenvalue weighted by Crippen LogP contribution is -2.63. The van der Waals surface area contributed by atoms with Crippen molar-refractivity contribution in [2.24, 2.45) is 35.1 Å². The molecule has 92 heavy (non-hydrogen) atoms. The zero-order chi connectivity index (χ0) is 67.4. The summed E-state index contributed by atoms with van der Waals surface area (Å²) in [6, 6.07) is 0.961. The highest BCUT2D eigenvalue weighted by Crippen LogP contribution is 2.45. The van der Waals surface area contributed by atoms with Crippen molar-refractivity contribution in [3.05, 3.63) is 78.7 Å². The molecular weight excluding hydrogens is 1210 g/mol. The van der Waals surface area contributed by atoms with Gasteiger partial charge in [0, 0.05) is 29.3 Å². The van der Waals surface area contributed by atoms with Crippen LogP contribution in [0.4, 0.5) is 0 Å². The van der Waals surface area contributed by atoms with Crippen LogP contribution in [0, 0.1) is 37.5 Å². The number of Topliss-reactive ketones (excluding diaryl/α,β-unsaturated/α-hetero) is 1. The molecule has 0 radical (unpaired) electrons. The number of aliphatic hydroxyl groups excluding tert-OH is 2. The summed E-state index contributed by atoms with van der Waals surface area (Å²) in [5.41, 5.74) is 16.3. The number of fused-ring (bicyclic) bond motifs is 8. The van der Waals surface area contributed by atoms with Crippen molar-refractivity contribution >= 4 is 92.8 Å². The van der Waals surface area contributed by atoms with Crippen LogP contribution in [0.3, 0.4) is 0 Å². The van der Waals surface area contributed by atoms with Gasteiger partial charge in [0.2, 0.25) is 47.3 Å². The quantitative estimate of drug-likeness (QED) is 0.110. The fourth-order valence-corrected chi connectivity index (χ4v) is 14.7. The third kappa shape index (κ3) is 17.5. The first-order valence-corrected chi connectivity index (χ1v) is 34.3. The van der Waals surface area contributed by atoms with Crippen LogP contribution in [0.1, 0.15) is 172 Å². The number of allylic oxidation sites excluding steroid dienone is 2. The Morgan fingerprint density at radius 2 is 0.957 bits per heavy atom. The van der Waals surface area contributed by atoms with Crippen LogP contribution in [0.2, 0.25) is 0 Å². The summed E-state index contributed by atoms with van der Waals surface area (Å²) in [6.07, 6.45) is 1.19. The number of carbonyl (C=O) groups excluding carboxylic acids is 10. The maximum atomic E-state index is 15.0. The molecule has 2 saturated heterocycles. The van der Waals surface area contributed by atoms with Crippen LogP contribution >= 0.6 is 22.7 Å². The van der Waals surface area contributed by atoms with Crippen molar-refractivity contribution in [3.8, 4) is 0 Å². The Morgan fingerprint density at radius 1 is 0.511 bits per heavy atom. The Kier molecular flexibility index (Phi) is 25.8. The van der Waals surface area contributed by atoms with E-state index in [9.17, 15) is 53.4 Å². The molecule has 7 rings (SSSR count). The standard InChI is InChI=1S/C67H97N11O12S2/c1-34(2)52-63(86)72-47(31-40-19-12-11-13-20-40)66(89)78-30-18-26-49(78)61(84)75-54(56(79)36(5)6)64(87)71-46(24-16-28-69)60(83)74-53(35(3)4)67(90)77-29-17-25-48(77)58(81)50-32-43(38(9)91-50)41-21-14-22-42(41)44-33-51(92-39(44)10)62(85)76-55(57(80)37(7)8)65(88)70-45(23-15-27-68)59(82)73-52/h11-13,19-20,32-37,45-49,52-57,79-80H,14-18,21-31,68-69H2,1-10H3,(H,70,88)(H,71,87)(H,72,86)(H,73,82)(H,74,83)(H,75,84)(H,76,85)/t45-,46-,47+,48+,49-,52-,53-,54-,55-,56+,57+/m0/s1. The number of nitrogens with zero attached hydrogens (tertiary/aromatic N) is 2. The second kappa shape index (κ2) is 32.8. The average molecular weight is 1310 g/mol. The van der Waals surface area contributed by atoms with Gasteiger partial charge in [0.1, 0.15) is 48.3 Å². The van der Waals surface area contributed by atoms with Gasteiger partial charge in [0.05, 0.1) is 28.0 Å². The van der Waals surface area contributed by atoms with E-state index < -0.39 is 143 Å². The lowest BCUT2D eigenvalue weighted by molar-refractivity contribution is -0.143. The molecule has 1 aliphatic carbocycles. The van der Waals surface area contributed by atoms with Crippen molar-refractivity contribution in [1.82, 2.24) is 47.0 Å². The largest absolute Gasteiger partial charge is 0.390 e. The molecule has 2 aromatic heterocycles. The molecule has 23 nitrogen and oxygen atoms in total. The fourth-order valence-electron chi connectivity index (χ4n) is 12.7. The highest BCUT2D eigenvalue weighted by Gasteiger charge is 2.45. The molecule has 1 aromatic carbocycles. The van der Waals surface area contributed by atoms with E-state index in [2.05, 4.69) is 37.2 Å². The second-order valence-corrected chi connectivity index (χ2v) is 28.8. The van der Waals surface area contributed by atoms with Crippen molar-refractivity contribution < 1.29 is 58.2 Å². The Labute approximate surface area is 548 Å². The van der Waals surface area contributed by atoms with E-state index in [0.29, 0.717) is 42.5 Å². The number of nitrogens with one attached hydrogen (secondary N) is 7. The van der Waals surface area contributed by atoms with E-state index in [-0.39, 0.29) is 75.4 Å². The van der Waals surface area contributed by atoms with E-state index >= 15 is 4.79 Å². The van der Waals surface area contributed by atoms with Crippen LogP contribution in [0.5, 0.6) is 0 Å². The molecule has 11 atom stereocenters. The number of hydrogen-bond donors (Lipinski definition) is 11. The summed E-state index contributed by atoms with van der Waals surface area (Å²) in [4.78, 5) is 152. The highest BCUT2D eigenvalue weighted by atomic mass is 32.1. The molecule has 13 N–H and O–H groups in total. The smallest absolute Gasteiger partial charge is 0.262 e. The first kappa shape index (κ1) is 72.5. The van der Waals surface area contributed by atoms with Crippen LogP contribution in [0.25, 0.3) is 11.1 Å². The Bertz CT molecular complexity index is 3200. The Hall–Kier alpha value is -6.90. The minimum absolute atomic E-state index is 0.00892. The van der Waals surface area contributed by atoms with Crippen LogP contribution in [-0.2, 0) is 44.8 Å². The molecule has 3 aromatic rings. The average Bonchev–Trinajstić information content (AvgIpc) is 2.22. The van der Waals surface area contributed by atoms with Gasteiger partial charge in [0.25, 0.3) is 5.91 Å². The summed E-state index contributed by atoms with van der Waals surface area (Å²) < 4.78 is 0. The monoisotopic (exact) mass is 1310 g/mol. The van der Waals surface area contributed by atoms with E-state index in [4.69, 9.17) is 11.5 Å². The van der Waals surface area contributed by atoms with E-state index in [0.717, 1.165) is 38.4 Å². The Balaban J connectivity index is 1.28. The molecule has 0 unspecified atom stereocenters. The summed E-state index contributed by atoms with van der Waals surface area (Å²) >= 11 is 2.56. The molecule has 0 spiro atoms. The number of amides is 9. The number of ketones is 1. The molecule has 5 heterocycles. The first-order chi connectivity index (χ1) is 43.7. The van der Waals surface area contributed by atoms with Gasteiger partial charge in [-0.2, -0.15) is 0 Å². The van der Waals surface area contributed by atoms with Gasteiger partial charge in [-0.3, -0.25) is 47.9 Å². The van der Waals surface area contributed by atoms with E-state index in [1.54, 1.807) is 91.8 Å². The molecule has 9 amide bonds. The number of rotatable bonds is 14. The van der Waals surface area contributed by atoms with Gasteiger partial charge < -0.3 is 68.7 Å². The van der Waals surface area contributed by atoms with Crippen molar-refractivity contribution in [3.63, 3.8) is 0 Å². The summed E-state index contributed by atoms with van der Waals surface area (Å²) in [5, 5.41) is 42.8. The number of aryl methyl sites for hydroxylation is 2. The predicted molar refractivity (Wildman–Crippen MR) is 354 cm³/mol. The number of carbonyl (C=O) groups is 10. The van der Waals surface area contributed by atoms with Crippen molar-refractivity contribution in [1.29, 1.82) is 0 Å². The maximum Gasteiger partial charge on any atom is 0.262 e. The second-order valence-electron chi connectivity index (χ2n) is 26.3. The lowest BCUT2D eigenvalue weighted by Gasteiger charge is -2.33. The first-order valence-electron chi connectivity index (χ1n) is 32.7. The third-order valence-corrected chi connectivity index (χ3v) is 20.2. The Morgan fingerprint density at radius 3 is 1.47 bits per heavy atom. The third-order valence-electron chi connectivity index (χ3n) is 18.1.